The smallest absolute Gasteiger partial charge is 0.298 e. The van der Waals surface area contributed by atoms with E-state index in [-0.39, 0.29) is 11.1 Å². The number of ether oxygens (including phenoxy) is 1. The first-order valence-corrected chi connectivity index (χ1v) is 11.9. The third-order valence-electron chi connectivity index (χ3n) is 5.96. The van der Waals surface area contributed by atoms with Crippen molar-refractivity contribution < 1.29 is 14.3 Å². The summed E-state index contributed by atoms with van der Waals surface area (Å²) in [7, 11) is 1.62. The van der Waals surface area contributed by atoms with Gasteiger partial charge in [0.1, 0.15) is 5.75 Å². The van der Waals surface area contributed by atoms with Gasteiger partial charge >= 0.3 is 0 Å². The molecule has 4 aromatic rings. The lowest BCUT2D eigenvalue weighted by Crippen LogP contribution is -2.27. The van der Waals surface area contributed by atoms with Crippen LogP contribution < -0.4 is 9.64 Å². The maximum absolute atomic E-state index is 13.3. The van der Waals surface area contributed by atoms with Crippen molar-refractivity contribution >= 4 is 34.7 Å². The number of aryl methyl sites for hydroxylation is 2. The SMILES string of the molecule is COc1ccc(-c2nn(-c3ccccc3)cc2/C=C2\SC(=O)N(c3ccc(C)c(C)c3)C2=O)cc1. The Morgan fingerprint density at radius 2 is 1.63 bits per heavy atom. The molecule has 0 N–H and O–H groups in total. The number of aromatic nitrogens is 2. The third kappa shape index (κ3) is 4.38. The van der Waals surface area contributed by atoms with E-state index < -0.39 is 0 Å². The number of hydrogen-bond donors (Lipinski definition) is 0. The fourth-order valence-corrected chi connectivity index (χ4v) is 4.71. The highest BCUT2D eigenvalue weighted by atomic mass is 32.2. The second kappa shape index (κ2) is 9.27. The molecule has 7 heteroatoms. The first-order valence-electron chi connectivity index (χ1n) is 11.1. The Morgan fingerprint density at radius 1 is 0.886 bits per heavy atom. The molecule has 3 aromatic carbocycles. The van der Waals surface area contributed by atoms with Crippen LogP contribution in [0.15, 0.2) is 83.9 Å². The minimum Gasteiger partial charge on any atom is -0.497 e. The number of benzene rings is 3. The average Bonchev–Trinajstić information content (AvgIpc) is 3.42. The first kappa shape index (κ1) is 22.7. The number of anilines is 1. The summed E-state index contributed by atoms with van der Waals surface area (Å²) in [6.07, 6.45) is 3.62. The molecule has 2 amide bonds. The van der Waals surface area contributed by atoms with Gasteiger partial charge in [-0.15, -0.1) is 0 Å². The average molecular weight is 482 g/mol. The molecule has 5 rings (SSSR count). The number of para-hydroxylation sites is 1. The molecule has 2 heterocycles. The van der Waals surface area contributed by atoms with Crippen LogP contribution in [-0.2, 0) is 4.79 Å². The Hall–Kier alpha value is -4.10. The van der Waals surface area contributed by atoms with Crippen molar-refractivity contribution in [3.63, 3.8) is 0 Å². The van der Waals surface area contributed by atoms with Gasteiger partial charge in [0.25, 0.3) is 11.1 Å². The zero-order valence-electron chi connectivity index (χ0n) is 19.6. The van der Waals surface area contributed by atoms with Gasteiger partial charge < -0.3 is 4.74 Å². The lowest BCUT2D eigenvalue weighted by molar-refractivity contribution is -0.113. The predicted octanol–water partition coefficient (Wildman–Crippen LogP) is 6.41. The van der Waals surface area contributed by atoms with Gasteiger partial charge in [0.2, 0.25) is 0 Å². The minimum absolute atomic E-state index is 0.314. The Morgan fingerprint density at radius 3 is 2.31 bits per heavy atom. The second-order valence-electron chi connectivity index (χ2n) is 8.23. The number of hydrogen-bond acceptors (Lipinski definition) is 5. The fourth-order valence-electron chi connectivity index (χ4n) is 3.88. The van der Waals surface area contributed by atoms with Gasteiger partial charge in [0.05, 0.1) is 29.1 Å². The molecule has 0 spiro atoms. The van der Waals surface area contributed by atoms with Crippen molar-refractivity contribution in [1.82, 2.24) is 9.78 Å². The topological polar surface area (TPSA) is 64.4 Å². The molecule has 1 aliphatic heterocycles. The van der Waals surface area contributed by atoms with E-state index in [0.717, 1.165) is 45.5 Å². The van der Waals surface area contributed by atoms with Crippen molar-refractivity contribution in [3.05, 3.63) is 101 Å². The largest absolute Gasteiger partial charge is 0.497 e. The quantitative estimate of drug-likeness (QED) is 0.308. The van der Waals surface area contributed by atoms with Crippen LogP contribution in [0.2, 0.25) is 0 Å². The predicted molar refractivity (Wildman–Crippen MR) is 140 cm³/mol. The summed E-state index contributed by atoms with van der Waals surface area (Å²) in [5.74, 6) is 0.406. The summed E-state index contributed by atoms with van der Waals surface area (Å²) in [6.45, 7) is 3.96. The molecular formula is C28H23N3O3S. The molecule has 0 saturated carbocycles. The van der Waals surface area contributed by atoms with Gasteiger partial charge in [-0.3, -0.25) is 9.59 Å². The van der Waals surface area contributed by atoms with Crippen molar-refractivity contribution in [3.8, 4) is 22.7 Å². The van der Waals surface area contributed by atoms with E-state index in [1.807, 2.05) is 86.8 Å². The van der Waals surface area contributed by atoms with Gasteiger partial charge in [0, 0.05) is 17.3 Å². The van der Waals surface area contributed by atoms with E-state index in [2.05, 4.69) is 0 Å². The molecule has 1 fully saturated rings. The molecule has 6 nitrogen and oxygen atoms in total. The van der Waals surface area contributed by atoms with Crippen molar-refractivity contribution in [2.45, 2.75) is 13.8 Å². The van der Waals surface area contributed by atoms with Gasteiger partial charge in [-0.05, 0) is 91.3 Å². The maximum atomic E-state index is 13.3. The van der Waals surface area contributed by atoms with Gasteiger partial charge in [0.15, 0.2) is 0 Å². The molecule has 1 aliphatic rings. The summed E-state index contributed by atoms with van der Waals surface area (Å²) in [4.78, 5) is 27.7. The number of methoxy groups -OCH3 is 1. The van der Waals surface area contributed by atoms with E-state index >= 15 is 0 Å². The van der Waals surface area contributed by atoms with Gasteiger partial charge in [-0.2, -0.15) is 5.10 Å². The molecule has 0 unspecified atom stereocenters. The Kier molecular flexibility index (Phi) is 6.01. The van der Waals surface area contributed by atoms with Crippen LogP contribution in [0.1, 0.15) is 16.7 Å². The molecule has 35 heavy (non-hydrogen) atoms. The second-order valence-corrected chi connectivity index (χ2v) is 9.22. The zero-order chi connectivity index (χ0) is 24.5. The number of carbonyl (C=O) groups excluding carboxylic acids is 2. The van der Waals surface area contributed by atoms with E-state index in [9.17, 15) is 9.59 Å². The van der Waals surface area contributed by atoms with Gasteiger partial charge in [-0.25, -0.2) is 9.58 Å². The van der Waals surface area contributed by atoms with Crippen LogP contribution in [-0.4, -0.2) is 28.0 Å². The molecule has 1 saturated heterocycles. The van der Waals surface area contributed by atoms with Crippen LogP contribution in [0.3, 0.4) is 0 Å². The van der Waals surface area contributed by atoms with Crippen molar-refractivity contribution in [1.29, 1.82) is 0 Å². The van der Waals surface area contributed by atoms with E-state index in [4.69, 9.17) is 9.84 Å². The first-order chi connectivity index (χ1) is 16.9. The third-order valence-corrected chi connectivity index (χ3v) is 6.83. The number of amides is 2. The number of rotatable bonds is 5. The summed E-state index contributed by atoms with van der Waals surface area (Å²) in [6, 6.07) is 22.9. The summed E-state index contributed by atoms with van der Waals surface area (Å²) in [5.41, 5.74) is 5.92. The van der Waals surface area contributed by atoms with Crippen molar-refractivity contribution in [2.24, 2.45) is 0 Å². The summed E-state index contributed by atoms with van der Waals surface area (Å²) < 4.78 is 7.06. The number of imide groups is 1. The molecule has 1 aromatic heterocycles. The highest BCUT2D eigenvalue weighted by Gasteiger charge is 2.36. The molecule has 0 radical (unpaired) electrons. The number of thioether (sulfide) groups is 1. The monoisotopic (exact) mass is 481 g/mol. The van der Waals surface area contributed by atoms with E-state index in [1.165, 1.54) is 4.90 Å². The maximum Gasteiger partial charge on any atom is 0.298 e. The molecule has 174 valence electrons. The Bertz CT molecular complexity index is 1460. The van der Waals surface area contributed by atoms with Gasteiger partial charge in [-0.1, -0.05) is 24.3 Å². The Labute approximate surface area is 207 Å². The molecule has 0 bridgehead atoms. The highest BCUT2D eigenvalue weighted by Crippen LogP contribution is 2.37. The molecule has 0 atom stereocenters. The van der Waals surface area contributed by atoms with Crippen LogP contribution in [0.25, 0.3) is 23.0 Å². The lowest BCUT2D eigenvalue weighted by atomic mass is 10.1. The van der Waals surface area contributed by atoms with E-state index in [1.54, 1.807) is 23.9 Å². The van der Waals surface area contributed by atoms with Crippen LogP contribution in [0, 0.1) is 13.8 Å². The van der Waals surface area contributed by atoms with Crippen LogP contribution in [0.4, 0.5) is 10.5 Å². The summed E-state index contributed by atoms with van der Waals surface area (Å²) >= 11 is 0.938. The van der Waals surface area contributed by atoms with Crippen LogP contribution >= 0.6 is 11.8 Å². The lowest BCUT2D eigenvalue weighted by Gasteiger charge is -2.14. The standard InChI is InChI=1S/C28H23N3O3S/c1-18-9-12-23(15-19(18)2)31-27(32)25(35-28(31)33)16-21-17-30(22-7-5-4-6-8-22)29-26(21)20-10-13-24(34-3)14-11-20/h4-17H,1-3H3/b25-16-. The normalized spacial score (nSPS) is 14.7. The van der Waals surface area contributed by atoms with Crippen molar-refractivity contribution in [2.75, 3.05) is 12.0 Å². The number of carbonyl (C=O) groups is 2. The van der Waals surface area contributed by atoms with E-state index in [0.29, 0.717) is 16.3 Å². The fraction of sp³-hybridized carbons (Fsp3) is 0.107. The summed E-state index contributed by atoms with van der Waals surface area (Å²) in [5, 5.41) is 4.49. The minimum atomic E-state index is -0.337. The zero-order valence-corrected chi connectivity index (χ0v) is 20.4. The highest BCUT2D eigenvalue weighted by molar-refractivity contribution is 8.19. The Balaban J connectivity index is 1.57. The molecular weight excluding hydrogens is 458 g/mol. The van der Waals surface area contributed by atoms with Crippen LogP contribution in [0.5, 0.6) is 5.75 Å². The number of nitrogens with zero attached hydrogens (tertiary/aromatic N) is 3. The molecule has 0 aliphatic carbocycles.